The minimum Gasteiger partial charge on any atom is -0.342 e. The van der Waals surface area contributed by atoms with Crippen LogP contribution in [0.3, 0.4) is 0 Å². The number of nitrogens with two attached hydrogens (primary N) is 1. The Bertz CT molecular complexity index is 511. The molecule has 5 heteroatoms. The zero-order chi connectivity index (χ0) is 14.2. The van der Waals surface area contributed by atoms with Crippen LogP contribution in [0.25, 0.3) is 0 Å². The van der Waals surface area contributed by atoms with E-state index >= 15 is 0 Å². The number of hydrogen-bond donors (Lipinski definition) is 1. The molecule has 1 aliphatic heterocycles. The van der Waals surface area contributed by atoms with Gasteiger partial charge in [-0.1, -0.05) is 18.6 Å². The van der Waals surface area contributed by atoms with Crippen molar-refractivity contribution in [2.24, 2.45) is 5.73 Å². The highest BCUT2D eigenvalue weighted by atomic mass is 35.5. The smallest absolute Gasteiger partial charge is 0.233 e. The average Bonchev–Trinajstić information content (AvgIpc) is 2.38. The van der Waals surface area contributed by atoms with Gasteiger partial charge in [-0.2, -0.15) is 0 Å². The van der Waals surface area contributed by atoms with E-state index in [0.717, 1.165) is 50.8 Å². The molecule has 0 bridgehead atoms. The first kappa shape index (κ1) is 16.2. The predicted octanol–water partition coefficient (Wildman–Crippen LogP) is 2.62. The fourth-order valence-corrected chi connectivity index (χ4v) is 3.35. The van der Waals surface area contributed by atoms with Crippen LogP contribution < -0.4 is 5.73 Å². The highest BCUT2D eigenvalue weighted by Gasteiger charge is 2.48. The molecular formula is C16H22ClFN2O. The molecule has 1 aromatic rings. The number of nitrogens with zero attached hydrogens (tertiary/aromatic N) is 1. The van der Waals surface area contributed by atoms with Gasteiger partial charge in [0.1, 0.15) is 5.82 Å². The molecule has 2 fully saturated rings. The van der Waals surface area contributed by atoms with E-state index in [9.17, 15) is 9.18 Å². The third-order valence-corrected chi connectivity index (χ3v) is 4.82. The zero-order valence-electron chi connectivity index (χ0n) is 12.1. The molecule has 3 rings (SSSR count). The minimum atomic E-state index is -0.483. The summed E-state index contributed by atoms with van der Waals surface area (Å²) in [5.41, 5.74) is 6.25. The van der Waals surface area contributed by atoms with Gasteiger partial charge in [0.15, 0.2) is 0 Å². The highest BCUT2D eigenvalue weighted by Crippen LogP contribution is 2.45. The van der Waals surface area contributed by atoms with Gasteiger partial charge in [-0.05, 0) is 43.4 Å². The molecule has 0 spiro atoms. The molecule has 3 nitrogen and oxygen atoms in total. The Hall–Kier alpha value is -1.13. The second kappa shape index (κ2) is 6.32. The van der Waals surface area contributed by atoms with Crippen LogP contribution in [0.1, 0.15) is 37.7 Å². The van der Waals surface area contributed by atoms with Crippen LogP contribution in [0.2, 0.25) is 0 Å². The van der Waals surface area contributed by atoms with Crippen LogP contribution in [0.15, 0.2) is 24.3 Å². The van der Waals surface area contributed by atoms with E-state index in [4.69, 9.17) is 5.73 Å². The van der Waals surface area contributed by atoms with Gasteiger partial charge in [-0.15, -0.1) is 12.4 Å². The third kappa shape index (κ3) is 2.92. The molecule has 2 aliphatic rings. The summed E-state index contributed by atoms with van der Waals surface area (Å²) in [6.07, 6.45) is 4.43. The van der Waals surface area contributed by atoms with Crippen molar-refractivity contribution < 1.29 is 9.18 Å². The largest absolute Gasteiger partial charge is 0.342 e. The molecule has 0 radical (unpaired) electrons. The fourth-order valence-electron chi connectivity index (χ4n) is 3.35. The summed E-state index contributed by atoms with van der Waals surface area (Å²) in [6.45, 7) is 1.47. The lowest BCUT2D eigenvalue weighted by molar-refractivity contribution is -0.142. The SMILES string of the molecule is Cl.NC1CCN(C(=O)C2(c3cccc(F)c3)CCC2)CC1. The minimum absolute atomic E-state index is 0. The van der Waals surface area contributed by atoms with Crippen LogP contribution in [-0.2, 0) is 10.2 Å². The number of rotatable bonds is 2. The molecule has 2 N–H and O–H groups in total. The summed E-state index contributed by atoms with van der Waals surface area (Å²) < 4.78 is 13.5. The Balaban J connectivity index is 0.00000161. The summed E-state index contributed by atoms with van der Waals surface area (Å²) in [7, 11) is 0. The summed E-state index contributed by atoms with van der Waals surface area (Å²) in [5.74, 6) is -0.0940. The summed E-state index contributed by atoms with van der Waals surface area (Å²) in [4.78, 5) is 14.8. The molecule has 1 saturated carbocycles. The Morgan fingerprint density at radius 2 is 1.95 bits per heavy atom. The van der Waals surface area contributed by atoms with Gasteiger partial charge in [0.05, 0.1) is 5.41 Å². The van der Waals surface area contributed by atoms with Crippen molar-refractivity contribution in [1.82, 2.24) is 4.90 Å². The van der Waals surface area contributed by atoms with Crippen LogP contribution in [0.4, 0.5) is 4.39 Å². The van der Waals surface area contributed by atoms with E-state index in [2.05, 4.69) is 0 Å². The molecule has 1 saturated heterocycles. The highest BCUT2D eigenvalue weighted by molar-refractivity contribution is 5.89. The standard InChI is InChI=1S/C16H21FN2O.ClH/c17-13-4-1-3-12(11-13)16(7-2-8-16)15(20)19-9-5-14(18)6-10-19;/h1,3-4,11,14H,2,5-10,18H2;1H. The monoisotopic (exact) mass is 312 g/mol. The Labute approximate surface area is 131 Å². The molecule has 0 unspecified atom stereocenters. The maximum Gasteiger partial charge on any atom is 0.233 e. The van der Waals surface area contributed by atoms with Crippen molar-refractivity contribution >= 4 is 18.3 Å². The molecular weight excluding hydrogens is 291 g/mol. The molecule has 0 aromatic heterocycles. The number of halogens is 2. The van der Waals surface area contributed by atoms with Crippen molar-refractivity contribution in [3.8, 4) is 0 Å². The molecule has 1 aliphatic carbocycles. The molecule has 1 amide bonds. The number of piperidine rings is 1. The molecule has 0 atom stereocenters. The number of benzene rings is 1. The number of carbonyl (C=O) groups is 1. The van der Waals surface area contributed by atoms with Crippen molar-refractivity contribution in [2.45, 2.75) is 43.6 Å². The lowest BCUT2D eigenvalue weighted by Gasteiger charge is -2.45. The van der Waals surface area contributed by atoms with E-state index in [1.165, 1.54) is 12.1 Å². The lowest BCUT2D eigenvalue weighted by atomic mass is 9.63. The molecule has 21 heavy (non-hydrogen) atoms. The first-order chi connectivity index (χ1) is 9.62. The second-order valence-electron chi connectivity index (χ2n) is 6.08. The van der Waals surface area contributed by atoms with E-state index in [-0.39, 0.29) is 30.2 Å². The van der Waals surface area contributed by atoms with Crippen LogP contribution in [0, 0.1) is 5.82 Å². The lowest BCUT2D eigenvalue weighted by Crippen LogP contribution is -2.54. The third-order valence-electron chi connectivity index (χ3n) is 4.82. The molecule has 1 heterocycles. The maximum atomic E-state index is 13.5. The van der Waals surface area contributed by atoms with E-state index < -0.39 is 5.41 Å². The van der Waals surface area contributed by atoms with Gasteiger partial charge >= 0.3 is 0 Å². The first-order valence-electron chi connectivity index (χ1n) is 7.43. The fraction of sp³-hybridized carbons (Fsp3) is 0.562. The summed E-state index contributed by atoms with van der Waals surface area (Å²) in [5, 5.41) is 0. The Morgan fingerprint density at radius 3 is 2.48 bits per heavy atom. The molecule has 1 aromatic carbocycles. The second-order valence-corrected chi connectivity index (χ2v) is 6.08. The quantitative estimate of drug-likeness (QED) is 0.912. The van der Waals surface area contributed by atoms with Gasteiger partial charge in [-0.25, -0.2) is 4.39 Å². The average molecular weight is 313 g/mol. The van der Waals surface area contributed by atoms with Gasteiger partial charge in [0.2, 0.25) is 5.91 Å². The van der Waals surface area contributed by atoms with E-state index in [0.29, 0.717) is 0 Å². The molecule has 116 valence electrons. The van der Waals surface area contributed by atoms with Crippen molar-refractivity contribution in [3.63, 3.8) is 0 Å². The number of carbonyl (C=O) groups excluding carboxylic acids is 1. The Morgan fingerprint density at radius 1 is 1.29 bits per heavy atom. The summed E-state index contributed by atoms with van der Waals surface area (Å²) >= 11 is 0. The number of amides is 1. The van der Waals surface area contributed by atoms with Crippen molar-refractivity contribution in [3.05, 3.63) is 35.6 Å². The van der Waals surface area contributed by atoms with Gasteiger partial charge in [-0.3, -0.25) is 4.79 Å². The van der Waals surface area contributed by atoms with Crippen LogP contribution in [-0.4, -0.2) is 29.9 Å². The van der Waals surface area contributed by atoms with Gasteiger partial charge in [0.25, 0.3) is 0 Å². The first-order valence-corrected chi connectivity index (χ1v) is 7.43. The van der Waals surface area contributed by atoms with Crippen LogP contribution >= 0.6 is 12.4 Å². The Kier molecular flexibility index (Phi) is 4.89. The summed E-state index contributed by atoms with van der Waals surface area (Å²) in [6, 6.07) is 6.75. The van der Waals surface area contributed by atoms with Crippen molar-refractivity contribution in [2.75, 3.05) is 13.1 Å². The van der Waals surface area contributed by atoms with E-state index in [1.807, 2.05) is 11.0 Å². The van der Waals surface area contributed by atoms with Gasteiger partial charge < -0.3 is 10.6 Å². The van der Waals surface area contributed by atoms with Crippen molar-refractivity contribution in [1.29, 1.82) is 0 Å². The van der Waals surface area contributed by atoms with Crippen LogP contribution in [0.5, 0.6) is 0 Å². The normalized spacial score (nSPS) is 21.3. The topological polar surface area (TPSA) is 46.3 Å². The van der Waals surface area contributed by atoms with E-state index in [1.54, 1.807) is 6.07 Å². The number of likely N-dealkylation sites (tertiary alicyclic amines) is 1. The zero-order valence-corrected chi connectivity index (χ0v) is 12.9. The maximum absolute atomic E-state index is 13.5. The predicted molar refractivity (Wildman–Crippen MR) is 83.0 cm³/mol. The number of hydrogen-bond acceptors (Lipinski definition) is 2. The van der Waals surface area contributed by atoms with Gasteiger partial charge in [0, 0.05) is 19.1 Å².